The molecule has 5 nitrogen and oxygen atoms in total. The fourth-order valence-corrected chi connectivity index (χ4v) is 2.16. The highest BCUT2D eigenvalue weighted by atomic mass is 16.5. The van der Waals surface area contributed by atoms with Crippen molar-refractivity contribution < 1.29 is 19.7 Å². The zero-order valence-electron chi connectivity index (χ0n) is 9.93. The van der Waals surface area contributed by atoms with Crippen LogP contribution in [0.3, 0.4) is 0 Å². The van der Waals surface area contributed by atoms with Crippen LogP contribution in [0.4, 0.5) is 0 Å². The molecule has 1 saturated heterocycles. The number of aliphatic hydroxyl groups excluding tert-OH is 1. The van der Waals surface area contributed by atoms with Crippen molar-refractivity contribution >= 4 is 5.97 Å². The van der Waals surface area contributed by atoms with Crippen molar-refractivity contribution in [2.24, 2.45) is 5.92 Å². The Kier molecular flexibility index (Phi) is 5.18. The summed E-state index contributed by atoms with van der Waals surface area (Å²) in [5, 5.41) is 18.5. The van der Waals surface area contributed by atoms with Crippen LogP contribution in [-0.4, -0.2) is 59.5 Å². The molecule has 0 spiro atoms. The maximum Gasteiger partial charge on any atom is 0.310 e. The Morgan fingerprint density at radius 3 is 2.75 bits per heavy atom. The molecule has 94 valence electrons. The molecule has 0 saturated carbocycles. The molecule has 1 fully saturated rings. The SMILES string of the molecule is CCCN(CC(C)O)C1COCC1C(=O)O. The number of hydrogen-bond acceptors (Lipinski definition) is 4. The lowest BCUT2D eigenvalue weighted by molar-refractivity contribution is -0.143. The van der Waals surface area contributed by atoms with E-state index in [0.29, 0.717) is 13.2 Å². The fourth-order valence-electron chi connectivity index (χ4n) is 2.16. The molecule has 0 aromatic rings. The zero-order chi connectivity index (χ0) is 12.1. The Morgan fingerprint density at radius 2 is 2.25 bits per heavy atom. The first-order chi connectivity index (χ1) is 7.56. The normalized spacial score (nSPS) is 27.2. The summed E-state index contributed by atoms with van der Waals surface area (Å²) >= 11 is 0. The van der Waals surface area contributed by atoms with Crippen LogP contribution in [0.5, 0.6) is 0 Å². The predicted octanol–water partition coefficient (Wildman–Crippen LogP) is 0.179. The molecular weight excluding hydrogens is 210 g/mol. The Bertz CT molecular complexity index is 232. The Morgan fingerprint density at radius 1 is 1.56 bits per heavy atom. The molecule has 5 heteroatoms. The maximum absolute atomic E-state index is 11.0. The van der Waals surface area contributed by atoms with Crippen LogP contribution >= 0.6 is 0 Å². The number of carboxylic acid groups (broad SMARTS) is 1. The standard InChI is InChI=1S/C11H21NO4/c1-3-4-12(5-8(2)13)10-7-16-6-9(10)11(14)15/h8-10,13H,3-7H2,1-2H3,(H,14,15). The Hall–Kier alpha value is -0.650. The highest BCUT2D eigenvalue weighted by molar-refractivity contribution is 5.71. The molecule has 0 aromatic carbocycles. The molecule has 1 aliphatic rings. The zero-order valence-corrected chi connectivity index (χ0v) is 9.93. The summed E-state index contributed by atoms with van der Waals surface area (Å²) < 4.78 is 5.24. The molecule has 16 heavy (non-hydrogen) atoms. The summed E-state index contributed by atoms with van der Waals surface area (Å²) in [6.07, 6.45) is 0.497. The molecule has 0 aromatic heterocycles. The van der Waals surface area contributed by atoms with Crippen LogP contribution in [-0.2, 0) is 9.53 Å². The number of aliphatic carboxylic acids is 1. The van der Waals surface area contributed by atoms with Crippen molar-refractivity contribution in [3.63, 3.8) is 0 Å². The van der Waals surface area contributed by atoms with Gasteiger partial charge in [0.2, 0.25) is 0 Å². The van der Waals surface area contributed by atoms with E-state index >= 15 is 0 Å². The molecule has 3 unspecified atom stereocenters. The van der Waals surface area contributed by atoms with Gasteiger partial charge in [0.1, 0.15) is 0 Å². The first-order valence-electron chi connectivity index (χ1n) is 5.79. The summed E-state index contributed by atoms with van der Waals surface area (Å²) in [5.74, 6) is -1.28. The number of carboxylic acids is 1. The van der Waals surface area contributed by atoms with E-state index in [1.807, 2.05) is 11.8 Å². The maximum atomic E-state index is 11.0. The lowest BCUT2D eigenvalue weighted by Crippen LogP contribution is -2.46. The number of nitrogens with zero attached hydrogens (tertiary/aromatic N) is 1. The number of carbonyl (C=O) groups is 1. The second-order valence-electron chi connectivity index (χ2n) is 4.39. The average molecular weight is 231 g/mol. The topological polar surface area (TPSA) is 70.0 Å². The van der Waals surface area contributed by atoms with Crippen molar-refractivity contribution in [2.45, 2.75) is 32.4 Å². The third-order valence-corrected chi connectivity index (χ3v) is 2.85. The predicted molar refractivity (Wildman–Crippen MR) is 59.3 cm³/mol. The van der Waals surface area contributed by atoms with Gasteiger partial charge in [-0.15, -0.1) is 0 Å². The van der Waals surface area contributed by atoms with Crippen LogP contribution in [0.2, 0.25) is 0 Å². The lowest BCUT2D eigenvalue weighted by Gasteiger charge is -2.30. The number of ether oxygens (including phenoxy) is 1. The van der Waals surface area contributed by atoms with Gasteiger partial charge in [0.15, 0.2) is 0 Å². The van der Waals surface area contributed by atoms with E-state index in [2.05, 4.69) is 0 Å². The van der Waals surface area contributed by atoms with Gasteiger partial charge in [0.25, 0.3) is 0 Å². The van der Waals surface area contributed by atoms with E-state index in [0.717, 1.165) is 13.0 Å². The van der Waals surface area contributed by atoms with E-state index in [-0.39, 0.29) is 12.6 Å². The lowest BCUT2D eigenvalue weighted by atomic mass is 10.0. The first kappa shape index (κ1) is 13.4. The minimum atomic E-state index is -0.811. The number of aliphatic hydroxyl groups is 1. The summed E-state index contributed by atoms with van der Waals surface area (Å²) in [7, 11) is 0. The second-order valence-corrected chi connectivity index (χ2v) is 4.39. The highest BCUT2D eigenvalue weighted by Crippen LogP contribution is 2.20. The molecule has 1 rings (SSSR count). The van der Waals surface area contributed by atoms with Crippen LogP contribution in [0.1, 0.15) is 20.3 Å². The van der Waals surface area contributed by atoms with Gasteiger partial charge in [-0.3, -0.25) is 9.69 Å². The summed E-state index contributed by atoms with van der Waals surface area (Å²) in [5.41, 5.74) is 0. The first-order valence-corrected chi connectivity index (χ1v) is 5.79. The molecule has 3 atom stereocenters. The van der Waals surface area contributed by atoms with Crippen molar-refractivity contribution in [3.8, 4) is 0 Å². The van der Waals surface area contributed by atoms with Crippen molar-refractivity contribution in [2.75, 3.05) is 26.3 Å². The largest absolute Gasteiger partial charge is 0.481 e. The van der Waals surface area contributed by atoms with Gasteiger partial charge in [0.05, 0.1) is 25.2 Å². The third-order valence-electron chi connectivity index (χ3n) is 2.85. The van der Waals surface area contributed by atoms with Crippen molar-refractivity contribution in [1.82, 2.24) is 4.90 Å². The van der Waals surface area contributed by atoms with Crippen molar-refractivity contribution in [3.05, 3.63) is 0 Å². The molecule has 1 heterocycles. The van der Waals surface area contributed by atoms with Crippen LogP contribution < -0.4 is 0 Å². The Labute approximate surface area is 96.0 Å². The summed E-state index contributed by atoms with van der Waals surface area (Å²) in [6.45, 7) is 5.78. The minimum Gasteiger partial charge on any atom is -0.481 e. The molecule has 1 aliphatic heterocycles. The second kappa shape index (κ2) is 6.18. The van der Waals surface area contributed by atoms with Crippen LogP contribution in [0.25, 0.3) is 0 Å². The highest BCUT2D eigenvalue weighted by Gasteiger charge is 2.37. The average Bonchev–Trinajstić information content (AvgIpc) is 2.64. The Balaban J connectivity index is 2.64. The van der Waals surface area contributed by atoms with E-state index < -0.39 is 18.0 Å². The van der Waals surface area contributed by atoms with E-state index in [4.69, 9.17) is 9.84 Å². The van der Waals surface area contributed by atoms with Gasteiger partial charge in [-0.1, -0.05) is 6.92 Å². The third kappa shape index (κ3) is 3.43. The van der Waals surface area contributed by atoms with Gasteiger partial charge >= 0.3 is 5.97 Å². The molecule has 2 N–H and O–H groups in total. The summed E-state index contributed by atoms with van der Waals surface area (Å²) in [6, 6.07) is -0.105. The number of hydrogen-bond donors (Lipinski definition) is 2. The van der Waals surface area contributed by atoms with Gasteiger partial charge in [-0.2, -0.15) is 0 Å². The van der Waals surface area contributed by atoms with Crippen LogP contribution in [0, 0.1) is 5.92 Å². The van der Waals surface area contributed by atoms with E-state index in [1.54, 1.807) is 6.92 Å². The van der Waals surface area contributed by atoms with Crippen molar-refractivity contribution in [1.29, 1.82) is 0 Å². The van der Waals surface area contributed by atoms with Crippen LogP contribution in [0.15, 0.2) is 0 Å². The fraction of sp³-hybridized carbons (Fsp3) is 0.909. The van der Waals surface area contributed by atoms with Gasteiger partial charge < -0.3 is 14.9 Å². The molecule has 0 aliphatic carbocycles. The molecular formula is C11H21NO4. The molecule has 0 bridgehead atoms. The summed E-state index contributed by atoms with van der Waals surface area (Å²) in [4.78, 5) is 13.1. The molecule has 0 amide bonds. The van der Waals surface area contributed by atoms with Gasteiger partial charge in [0, 0.05) is 12.6 Å². The molecule has 0 radical (unpaired) electrons. The monoisotopic (exact) mass is 231 g/mol. The minimum absolute atomic E-state index is 0.105. The van der Waals surface area contributed by atoms with Gasteiger partial charge in [-0.05, 0) is 19.9 Å². The number of rotatable bonds is 6. The van der Waals surface area contributed by atoms with E-state index in [9.17, 15) is 9.90 Å². The smallest absolute Gasteiger partial charge is 0.310 e. The quantitative estimate of drug-likeness (QED) is 0.682. The van der Waals surface area contributed by atoms with Gasteiger partial charge in [-0.25, -0.2) is 0 Å². The van der Waals surface area contributed by atoms with E-state index in [1.165, 1.54) is 0 Å².